The van der Waals surface area contributed by atoms with E-state index in [1.54, 1.807) is 36.4 Å². The maximum atomic E-state index is 13.2. The molecule has 172 valence electrons. The van der Waals surface area contributed by atoms with Crippen molar-refractivity contribution in [1.29, 1.82) is 0 Å². The van der Waals surface area contributed by atoms with Gasteiger partial charge in [0.15, 0.2) is 0 Å². The highest BCUT2D eigenvalue weighted by molar-refractivity contribution is 7.92. The molecule has 9 nitrogen and oxygen atoms in total. The Hall–Kier alpha value is -2.85. The molecule has 1 fully saturated rings. The minimum absolute atomic E-state index is 0.325. The van der Waals surface area contributed by atoms with Crippen LogP contribution in [0.5, 0.6) is 5.88 Å². The largest absolute Gasteiger partial charge is 0.478 e. The number of sulfonamides is 1. The van der Waals surface area contributed by atoms with Gasteiger partial charge in [0, 0.05) is 19.2 Å². The third-order valence-electron chi connectivity index (χ3n) is 5.71. The van der Waals surface area contributed by atoms with Gasteiger partial charge in [-0.05, 0) is 55.9 Å². The van der Waals surface area contributed by atoms with Crippen molar-refractivity contribution >= 4 is 33.1 Å². The molecule has 1 saturated heterocycles. The maximum absolute atomic E-state index is 13.2. The normalized spacial score (nSPS) is 19.2. The summed E-state index contributed by atoms with van der Waals surface area (Å²) in [5, 5.41) is 11.8. The smallest absolute Gasteiger partial charge is 0.258 e. The highest BCUT2D eigenvalue weighted by atomic mass is 32.2. The van der Waals surface area contributed by atoms with E-state index in [0.29, 0.717) is 41.2 Å². The number of nitrogens with one attached hydrogen (secondary N) is 2. The molecule has 2 aliphatic heterocycles. The van der Waals surface area contributed by atoms with Crippen molar-refractivity contribution in [3.05, 3.63) is 42.0 Å². The van der Waals surface area contributed by atoms with Crippen molar-refractivity contribution < 1.29 is 23.1 Å². The first-order valence-corrected chi connectivity index (χ1v) is 12.5. The Kier molecular flexibility index (Phi) is 6.80. The van der Waals surface area contributed by atoms with Crippen molar-refractivity contribution in [3.63, 3.8) is 0 Å². The second-order valence-corrected chi connectivity index (χ2v) is 9.98. The molecule has 1 atom stereocenters. The predicted molar refractivity (Wildman–Crippen MR) is 123 cm³/mol. The van der Waals surface area contributed by atoms with E-state index in [1.807, 2.05) is 0 Å². The molecular formula is C22H28N4O5S. The molecular weight excluding hydrogens is 432 g/mol. The van der Waals surface area contributed by atoms with Gasteiger partial charge in [-0.3, -0.25) is 9.52 Å². The summed E-state index contributed by atoms with van der Waals surface area (Å²) in [7, 11) is -3.67. The Balaban J connectivity index is 1.71. The van der Waals surface area contributed by atoms with Gasteiger partial charge < -0.3 is 20.1 Å². The Morgan fingerprint density at radius 3 is 2.91 bits per heavy atom. The summed E-state index contributed by atoms with van der Waals surface area (Å²) in [4.78, 5) is 19.7. The lowest BCUT2D eigenvalue weighted by atomic mass is 9.92. The van der Waals surface area contributed by atoms with E-state index in [2.05, 4.69) is 19.9 Å². The lowest BCUT2D eigenvalue weighted by Crippen LogP contribution is -2.37. The second kappa shape index (κ2) is 9.74. The van der Waals surface area contributed by atoms with E-state index in [4.69, 9.17) is 9.84 Å². The molecule has 0 spiro atoms. The van der Waals surface area contributed by atoms with Gasteiger partial charge in [0.1, 0.15) is 5.82 Å². The highest BCUT2D eigenvalue weighted by Gasteiger charge is 2.25. The molecule has 1 amide bonds. The zero-order valence-electron chi connectivity index (χ0n) is 17.8. The van der Waals surface area contributed by atoms with Gasteiger partial charge in [0.2, 0.25) is 15.9 Å². The number of anilines is 3. The average molecular weight is 461 g/mol. The molecule has 3 heterocycles. The number of hydrogen-bond acceptors (Lipinski definition) is 7. The fourth-order valence-electron chi connectivity index (χ4n) is 4.22. The van der Waals surface area contributed by atoms with Crippen LogP contribution in [0.25, 0.3) is 0 Å². The lowest BCUT2D eigenvalue weighted by molar-refractivity contribution is 0.102. The zero-order valence-corrected chi connectivity index (χ0v) is 18.6. The molecule has 10 heteroatoms. The summed E-state index contributed by atoms with van der Waals surface area (Å²) in [5.41, 5.74) is 1.49. The van der Waals surface area contributed by atoms with Gasteiger partial charge in [-0.15, -0.1) is 0 Å². The Morgan fingerprint density at radius 1 is 1.22 bits per heavy atom. The van der Waals surface area contributed by atoms with Gasteiger partial charge >= 0.3 is 0 Å². The summed E-state index contributed by atoms with van der Waals surface area (Å²) >= 11 is 0. The topological polar surface area (TPSA) is 121 Å². The van der Waals surface area contributed by atoms with Crippen molar-refractivity contribution in [1.82, 2.24) is 4.98 Å². The number of carbonyl (C=O) groups is 1. The summed E-state index contributed by atoms with van der Waals surface area (Å²) in [6, 6.07) is 10.1. The highest BCUT2D eigenvalue weighted by Crippen LogP contribution is 2.32. The number of ether oxygens (including phenoxy) is 1. The monoisotopic (exact) mass is 460 g/mol. The molecule has 4 bridgehead atoms. The van der Waals surface area contributed by atoms with E-state index in [9.17, 15) is 13.2 Å². The second-order valence-electron chi connectivity index (χ2n) is 8.14. The van der Waals surface area contributed by atoms with Crippen LogP contribution in [0.4, 0.5) is 17.2 Å². The van der Waals surface area contributed by atoms with E-state index in [0.717, 1.165) is 38.8 Å². The van der Waals surface area contributed by atoms with Gasteiger partial charge in [0.25, 0.3) is 5.91 Å². The molecule has 0 saturated carbocycles. The van der Waals surface area contributed by atoms with Crippen LogP contribution in [0.1, 0.15) is 36.0 Å². The number of pyridine rings is 1. The molecule has 0 radical (unpaired) electrons. The number of aliphatic hydroxyl groups excluding tert-OH is 1. The third-order valence-corrected chi connectivity index (χ3v) is 6.97. The molecule has 1 aromatic carbocycles. The van der Waals surface area contributed by atoms with Crippen LogP contribution in [-0.2, 0) is 10.0 Å². The third kappa shape index (κ3) is 5.49. The fourth-order valence-corrected chi connectivity index (χ4v) is 5.04. The van der Waals surface area contributed by atoms with Crippen LogP contribution in [0.3, 0.4) is 0 Å². The first-order chi connectivity index (χ1) is 15.4. The number of piperidine rings is 1. The molecule has 3 N–H and O–H groups in total. The number of carbonyl (C=O) groups excluding carboxylic acids is 1. The van der Waals surface area contributed by atoms with Gasteiger partial charge in [-0.1, -0.05) is 6.07 Å². The quantitative estimate of drug-likeness (QED) is 0.641. The van der Waals surface area contributed by atoms with Crippen molar-refractivity contribution in [2.75, 3.05) is 47.0 Å². The van der Waals surface area contributed by atoms with Crippen LogP contribution < -0.4 is 19.7 Å². The van der Waals surface area contributed by atoms with E-state index in [-0.39, 0.29) is 11.7 Å². The van der Waals surface area contributed by atoms with Gasteiger partial charge in [-0.2, -0.15) is 4.98 Å². The molecule has 1 aromatic heterocycles. The number of aromatic nitrogens is 1. The minimum Gasteiger partial charge on any atom is -0.478 e. The standard InChI is InChI=1S/C22H28N4O5S/c27-11-13-32(29,30)25-17-8-9-18-19(14-17)26-10-2-4-16(15-26)5-3-12-31-21-7-1-6-20(23-21)24-22(18)28/h1,6-9,14,16,25,27H,2-5,10-13,15H2,(H,23,24,28). The maximum Gasteiger partial charge on any atom is 0.258 e. The molecule has 2 aromatic rings. The molecule has 2 aliphatic rings. The Morgan fingerprint density at radius 2 is 2.06 bits per heavy atom. The van der Waals surface area contributed by atoms with Crippen LogP contribution in [0, 0.1) is 5.92 Å². The average Bonchev–Trinajstić information content (AvgIpc) is 2.76. The molecule has 32 heavy (non-hydrogen) atoms. The molecule has 4 rings (SSSR count). The van der Waals surface area contributed by atoms with Crippen LogP contribution in [-0.4, -0.2) is 56.5 Å². The van der Waals surface area contributed by atoms with Crippen molar-refractivity contribution in [2.45, 2.75) is 25.7 Å². The number of benzene rings is 1. The van der Waals surface area contributed by atoms with Crippen LogP contribution in [0.15, 0.2) is 36.4 Å². The predicted octanol–water partition coefficient (Wildman–Crippen LogP) is 2.46. The summed E-state index contributed by atoms with van der Waals surface area (Å²) in [6.45, 7) is 1.67. The zero-order chi connectivity index (χ0) is 22.6. The number of aliphatic hydroxyl groups is 1. The van der Waals surface area contributed by atoms with Gasteiger partial charge in [0.05, 0.1) is 35.9 Å². The Bertz CT molecular complexity index is 1080. The number of amides is 1. The first kappa shape index (κ1) is 22.3. The van der Waals surface area contributed by atoms with E-state index < -0.39 is 16.6 Å². The van der Waals surface area contributed by atoms with Gasteiger partial charge in [-0.25, -0.2) is 8.42 Å². The fraction of sp³-hybridized carbons (Fsp3) is 0.455. The van der Waals surface area contributed by atoms with Crippen molar-refractivity contribution in [3.8, 4) is 5.88 Å². The summed E-state index contributed by atoms with van der Waals surface area (Å²) in [5.74, 6) is 0.605. The van der Waals surface area contributed by atoms with Crippen molar-refractivity contribution in [2.24, 2.45) is 5.92 Å². The summed E-state index contributed by atoms with van der Waals surface area (Å²) < 4.78 is 32.5. The molecule has 1 unspecified atom stereocenters. The SMILES string of the molecule is O=C1Nc2cccc(n2)OCCCC2CCCN(C2)c2cc(NS(=O)(=O)CCO)ccc21. The number of fused-ring (bicyclic) bond motifs is 6. The van der Waals surface area contributed by atoms with Crippen LogP contribution in [0.2, 0.25) is 0 Å². The minimum atomic E-state index is -3.67. The number of nitrogens with zero attached hydrogens (tertiary/aromatic N) is 2. The number of hydrogen-bond donors (Lipinski definition) is 3. The number of rotatable bonds is 4. The van der Waals surface area contributed by atoms with E-state index >= 15 is 0 Å². The van der Waals surface area contributed by atoms with Crippen LogP contribution >= 0.6 is 0 Å². The van der Waals surface area contributed by atoms with E-state index in [1.165, 1.54) is 0 Å². The first-order valence-electron chi connectivity index (χ1n) is 10.8. The molecule has 0 aliphatic carbocycles. The Labute approximate surface area is 187 Å². The summed E-state index contributed by atoms with van der Waals surface area (Å²) in [6.07, 6.45) is 4.01. The lowest BCUT2D eigenvalue weighted by Gasteiger charge is -2.36.